The topological polar surface area (TPSA) is 65.6 Å². The minimum absolute atomic E-state index is 0.0352. The SMILES string of the molecule is COc1ccccc1CN1CC(=O)N2C(c3cccc(Br)c3)c3[nH]c4ccccc4c3C[C@@H]2C1=O. The van der Waals surface area contributed by atoms with E-state index in [0.717, 1.165) is 37.8 Å². The first kappa shape index (κ1) is 21.9. The second-order valence-corrected chi connectivity index (χ2v) is 9.96. The van der Waals surface area contributed by atoms with Crippen LogP contribution in [0.25, 0.3) is 10.9 Å². The van der Waals surface area contributed by atoms with Crippen molar-refractivity contribution in [3.63, 3.8) is 0 Å². The zero-order chi connectivity index (χ0) is 24.1. The van der Waals surface area contributed by atoms with Crippen LogP contribution in [0.15, 0.2) is 77.3 Å². The highest BCUT2D eigenvalue weighted by Gasteiger charge is 2.48. The number of amides is 2. The highest BCUT2D eigenvalue weighted by molar-refractivity contribution is 9.10. The second kappa shape index (κ2) is 8.57. The van der Waals surface area contributed by atoms with Crippen LogP contribution in [0, 0.1) is 0 Å². The molecule has 0 spiro atoms. The number of rotatable bonds is 4. The summed E-state index contributed by atoms with van der Waals surface area (Å²) in [4.78, 5) is 34.6. The number of fused-ring (bicyclic) bond motifs is 4. The van der Waals surface area contributed by atoms with E-state index in [1.807, 2.05) is 66.7 Å². The third-order valence-corrected chi connectivity index (χ3v) is 7.55. The predicted molar refractivity (Wildman–Crippen MR) is 137 cm³/mol. The molecule has 0 saturated carbocycles. The van der Waals surface area contributed by atoms with Gasteiger partial charge in [0.25, 0.3) is 0 Å². The van der Waals surface area contributed by atoms with Gasteiger partial charge < -0.3 is 19.5 Å². The fourth-order valence-electron chi connectivity index (χ4n) is 5.52. The molecule has 1 N–H and O–H groups in total. The van der Waals surface area contributed by atoms with Gasteiger partial charge in [-0.2, -0.15) is 0 Å². The van der Waals surface area contributed by atoms with Crippen LogP contribution >= 0.6 is 15.9 Å². The summed E-state index contributed by atoms with van der Waals surface area (Å²) in [6.45, 7) is 0.370. The maximum atomic E-state index is 13.9. The number of carbonyl (C=O) groups excluding carboxylic acids is 2. The molecular weight excluding hydrogens is 506 g/mol. The van der Waals surface area contributed by atoms with Crippen LogP contribution in [0.2, 0.25) is 0 Å². The van der Waals surface area contributed by atoms with Crippen LogP contribution in [0.3, 0.4) is 0 Å². The number of para-hydroxylation sites is 2. The predicted octanol–water partition coefficient (Wildman–Crippen LogP) is 4.82. The van der Waals surface area contributed by atoms with Crippen LogP contribution in [0.1, 0.15) is 28.4 Å². The van der Waals surface area contributed by atoms with Crippen molar-refractivity contribution in [2.75, 3.05) is 13.7 Å². The lowest BCUT2D eigenvalue weighted by Gasteiger charge is -2.47. The van der Waals surface area contributed by atoms with E-state index in [9.17, 15) is 9.59 Å². The Morgan fingerprint density at radius 3 is 2.66 bits per heavy atom. The first-order valence-electron chi connectivity index (χ1n) is 11.6. The minimum atomic E-state index is -0.568. The number of halogens is 1. The Balaban J connectivity index is 1.45. The van der Waals surface area contributed by atoms with Gasteiger partial charge in [-0.15, -0.1) is 0 Å². The number of piperazine rings is 1. The lowest BCUT2D eigenvalue weighted by Crippen LogP contribution is -2.62. The van der Waals surface area contributed by atoms with Crippen molar-refractivity contribution < 1.29 is 14.3 Å². The Hall–Kier alpha value is -3.58. The molecule has 2 atom stereocenters. The molecule has 7 heteroatoms. The van der Waals surface area contributed by atoms with E-state index in [4.69, 9.17) is 4.74 Å². The highest BCUT2D eigenvalue weighted by Crippen LogP contribution is 2.43. The summed E-state index contributed by atoms with van der Waals surface area (Å²) >= 11 is 3.58. The molecule has 2 amide bonds. The summed E-state index contributed by atoms with van der Waals surface area (Å²) in [5, 5.41) is 1.10. The summed E-state index contributed by atoms with van der Waals surface area (Å²) < 4.78 is 6.42. The molecule has 3 heterocycles. The number of H-pyrrole nitrogens is 1. The molecule has 35 heavy (non-hydrogen) atoms. The average Bonchev–Trinajstić information content (AvgIpc) is 3.24. The number of hydrogen-bond donors (Lipinski definition) is 1. The number of nitrogens with one attached hydrogen (secondary N) is 1. The number of methoxy groups -OCH3 is 1. The van der Waals surface area contributed by atoms with Crippen LogP contribution in [-0.4, -0.2) is 46.3 Å². The zero-order valence-corrected chi connectivity index (χ0v) is 20.8. The molecule has 0 aliphatic carbocycles. The summed E-state index contributed by atoms with van der Waals surface area (Å²) in [5.41, 5.74) is 4.96. The van der Waals surface area contributed by atoms with E-state index in [-0.39, 0.29) is 24.4 Å². The molecular formula is C28H24BrN3O3. The van der Waals surface area contributed by atoms with E-state index in [1.165, 1.54) is 0 Å². The Morgan fingerprint density at radius 2 is 1.83 bits per heavy atom. The van der Waals surface area contributed by atoms with Gasteiger partial charge in [0, 0.05) is 39.6 Å². The van der Waals surface area contributed by atoms with Gasteiger partial charge in [-0.1, -0.05) is 64.5 Å². The first-order valence-corrected chi connectivity index (χ1v) is 12.4. The average molecular weight is 530 g/mol. The number of ether oxygens (including phenoxy) is 1. The Kier molecular flexibility index (Phi) is 5.37. The summed E-state index contributed by atoms with van der Waals surface area (Å²) in [6.07, 6.45) is 0.483. The van der Waals surface area contributed by atoms with E-state index in [1.54, 1.807) is 16.9 Å². The van der Waals surface area contributed by atoms with Crippen molar-refractivity contribution >= 4 is 38.6 Å². The normalized spacial score (nSPS) is 19.6. The maximum Gasteiger partial charge on any atom is 0.246 e. The molecule has 6 rings (SSSR count). The molecule has 1 unspecified atom stereocenters. The molecule has 1 fully saturated rings. The summed E-state index contributed by atoms with van der Waals surface area (Å²) in [7, 11) is 1.62. The molecule has 4 aromatic rings. The summed E-state index contributed by atoms with van der Waals surface area (Å²) in [6, 6.07) is 22.8. The number of benzene rings is 3. The van der Waals surface area contributed by atoms with Crippen molar-refractivity contribution in [1.82, 2.24) is 14.8 Å². The number of hydrogen-bond acceptors (Lipinski definition) is 3. The first-order chi connectivity index (χ1) is 17.0. The molecule has 2 aliphatic rings. The third kappa shape index (κ3) is 3.62. The van der Waals surface area contributed by atoms with Crippen molar-refractivity contribution in [3.8, 4) is 5.75 Å². The smallest absolute Gasteiger partial charge is 0.246 e. The highest BCUT2D eigenvalue weighted by atomic mass is 79.9. The monoisotopic (exact) mass is 529 g/mol. The number of carbonyl (C=O) groups is 2. The van der Waals surface area contributed by atoms with Crippen LogP contribution in [0.4, 0.5) is 0 Å². The molecule has 3 aromatic carbocycles. The van der Waals surface area contributed by atoms with Gasteiger partial charge >= 0.3 is 0 Å². The second-order valence-electron chi connectivity index (χ2n) is 9.05. The van der Waals surface area contributed by atoms with Crippen LogP contribution in [0.5, 0.6) is 5.75 Å². The Labute approximate surface area is 211 Å². The van der Waals surface area contributed by atoms with Crippen molar-refractivity contribution in [2.24, 2.45) is 0 Å². The van der Waals surface area contributed by atoms with E-state index in [2.05, 4.69) is 27.0 Å². The molecule has 1 aromatic heterocycles. The fourth-order valence-corrected chi connectivity index (χ4v) is 5.94. The molecule has 0 bridgehead atoms. The van der Waals surface area contributed by atoms with Gasteiger partial charge in [-0.3, -0.25) is 9.59 Å². The van der Waals surface area contributed by atoms with Gasteiger partial charge in [-0.25, -0.2) is 0 Å². The number of aromatic nitrogens is 1. The summed E-state index contributed by atoms with van der Waals surface area (Å²) in [5.74, 6) is 0.620. The van der Waals surface area contributed by atoms with Gasteiger partial charge in [0.1, 0.15) is 18.3 Å². The Morgan fingerprint density at radius 1 is 1.03 bits per heavy atom. The molecule has 176 valence electrons. The van der Waals surface area contributed by atoms with Gasteiger partial charge in [0.05, 0.1) is 13.2 Å². The van der Waals surface area contributed by atoms with Crippen molar-refractivity contribution in [3.05, 3.63) is 99.7 Å². The van der Waals surface area contributed by atoms with E-state index in [0.29, 0.717) is 18.7 Å². The standard InChI is InChI=1S/C28H24BrN3O3/c1-35-24-12-5-2-7-18(24)15-31-16-25(33)32-23(28(31)34)14-21-20-10-3-4-11-22(20)30-26(21)27(32)17-8-6-9-19(29)13-17/h2-13,23,27,30H,14-16H2,1H3/t23-,27?/m1/s1. The van der Waals surface area contributed by atoms with Gasteiger partial charge in [-0.05, 0) is 35.4 Å². The van der Waals surface area contributed by atoms with Gasteiger partial charge in [0.15, 0.2) is 0 Å². The van der Waals surface area contributed by atoms with Crippen molar-refractivity contribution in [1.29, 1.82) is 0 Å². The lowest BCUT2D eigenvalue weighted by molar-refractivity contribution is -0.159. The molecule has 6 nitrogen and oxygen atoms in total. The van der Waals surface area contributed by atoms with Crippen LogP contribution < -0.4 is 4.74 Å². The van der Waals surface area contributed by atoms with Crippen LogP contribution in [-0.2, 0) is 22.6 Å². The minimum Gasteiger partial charge on any atom is -0.496 e. The quantitative estimate of drug-likeness (QED) is 0.412. The van der Waals surface area contributed by atoms with Gasteiger partial charge in [0.2, 0.25) is 11.8 Å². The lowest BCUT2D eigenvalue weighted by atomic mass is 9.86. The molecule has 0 radical (unpaired) electrons. The van der Waals surface area contributed by atoms with E-state index < -0.39 is 6.04 Å². The zero-order valence-electron chi connectivity index (χ0n) is 19.2. The van der Waals surface area contributed by atoms with E-state index >= 15 is 0 Å². The Bertz CT molecular complexity index is 1460. The molecule has 1 saturated heterocycles. The fraction of sp³-hybridized carbons (Fsp3) is 0.214. The number of aromatic amines is 1. The molecule has 2 aliphatic heterocycles. The largest absolute Gasteiger partial charge is 0.496 e. The third-order valence-electron chi connectivity index (χ3n) is 7.06. The maximum absolute atomic E-state index is 13.9. The number of nitrogens with zero attached hydrogens (tertiary/aromatic N) is 2. The van der Waals surface area contributed by atoms with Crippen molar-refractivity contribution in [2.45, 2.75) is 25.0 Å².